The number of nitrogens with zero attached hydrogens (tertiary/aromatic N) is 1. The molecule has 33 heavy (non-hydrogen) atoms. The van der Waals surface area contributed by atoms with Gasteiger partial charge in [-0.1, -0.05) is 52.0 Å². The first-order valence-corrected chi connectivity index (χ1v) is 11.7. The summed E-state index contributed by atoms with van der Waals surface area (Å²) in [6.45, 7) is 9.87. The maximum Gasteiger partial charge on any atom is 0.335 e. The van der Waals surface area contributed by atoms with E-state index in [1.807, 2.05) is 18.3 Å². The topological polar surface area (TPSA) is 59.4 Å². The van der Waals surface area contributed by atoms with Crippen molar-refractivity contribution in [3.63, 3.8) is 0 Å². The summed E-state index contributed by atoms with van der Waals surface area (Å²) >= 11 is 0. The molecule has 4 rings (SSSR count). The van der Waals surface area contributed by atoms with Crippen LogP contribution in [0.3, 0.4) is 0 Å². The average Bonchev–Trinajstić information content (AvgIpc) is 2.80. The number of aromatic carboxylic acids is 1. The summed E-state index contributed by atoms with van der Waals surface area (Å²) in [5.74, 6) is -0.134. The number of carboxylic acid groups (broad SMARTS) is 1. The molecule has 2 aromatic carbocycles. The molecule has 0 radical (unpaired) electrons. The molecule has 0 bridgehead atoms. The first kappa shape index (κ1) is 23.0. The molecule has 1 N–H and O–H groups in total. The summed E-state index contributed by atoms with van der Waals surface area (Å²) < 4.78 is 6.15. The highest BCUT2D eigenvalue weighted by molar-refractivity contribution is 5.87. The fourth-order valence-electron chi connectivity index (χ4n) is 4.80. The molecule has 1 aromatic heterocycles. The molecule has 0 spiro atoms. The maximum absolute atomic E-state index is 11.1. The molecule has 0 saturated heterocycles. The molecule has 172 valence electrons. The van der Waals surface area contributed by atoms with E-state index in [2.05, 4.69) is 56.9 Å². The highest BCUT2D eigenvalue weighted by Crippen LogP contribution is 2.46. The summed E-state index contributed by atoms with van der Waals surface area (Å²) in [4.78, 5) is 15.7. The third-order valence-electron chi connectivity index (χ3n) is 7.08. The summed E-state index contributed by atoms with van der Waals surface area (Å²) in [6.07, 6.45) is 4.97. The van der Waals surface area contributed by atoms with Crippen molar-refractivity contribution in [3.8, 4) is 5.75 Å². The Bertz CT molecular complexity index is 1120. The molecule has 4 heteroatoms. The minimum atomic E-state index is -0.936. The van der Waals surface area contributed by atoms with Gasteiger partial charge in [0.05, 0.1) is 12.2 Å². The predicted molar refractivity (Wildman–Crippen MR) is 131 cm³/mol. The van der Waals surface area contributed by atoms with Gasteiger partial charge in [-0.05, 0) is 83.2 Å². The lowest BCUT2D eigenvalue weighted by Gasteiger charge is -2.42. The quantitative estimate of drug-likeness (QED) is 0.451. The average molecular weight is 444 g/mol. The van der Waals surface area contributed by atoms with Crippen LogP contribution in [0.1, 0.15) is 79.2 Å². The van der Waals surface area contributed by atoms with E-state index in [0.29, 0.717) is 12.4 Å². The molecular formula is C29H33NO3. The van der Waals surface area contributed by atoms with Crippen LogP contribution >= 0.6 is 0 Å². The number of fused-ring (bicyclic) bond motifs is 1. The predicted octanol–water partition coefficient (Wildman–Crippen LogP) is 6.53. The van der Waals surface area contributed by atoms with Gasteiger partial charge in [-0.25, -0.2) is 4.79 Å². The van der Waals surface area contributed by atoms with Crippen LogP contribution in [0.25, 0.3) is 0 Å². The first-order chi connectivity index (χ1) is 15.7. The zero-order valence-corrected chi connectivity index (χ0v) is 20.0. The molecule has 4 nitrogen and oxygen atoms in total. The number of ether oxygens (including phenoxy) is 1. The monoisotopic (exact) mass is 443 g/mol. The summed E-state index contributed by atoms with van der Waals surface area (Å²) in [6, 6.07) is 19.6. The zero-order chi connectivity index (χ0) is 23.6. The number of rotatable bonds is 7. The van der Waals surface area contributed by atoms with Crippen LogP contribution in [0.5, 0.6) is 5.75 Å². The van der Waals surface area contributed by atoms with Gasteiger partial charge in [0.15, 0.2) is 0 Å². The molecule has 3 aromatic rings. The fourth-order valence-corrected chi connectivity index (χ4v) is 4.80. The zero-order valence-electron chi connectivity index (χ0n) is 20.0. The lowest BCUT2D eigenvalue weighted by atomic mass is 9.62. The third kappa shape index (κ3) is 5.11. The summed E-state index contributed by atoms with van der Waals surface area (Å²) in [5.41, 5.74) is 5.76. The number of carboxylic acids is 1. The lowest BCUT2D eigenvalue weighted by molar-refractivity contribution is 0.0697. The Balaban J connectivity index is 1.64. The molecule has 1 aliphatic rings. The van der Waals surface area contributed by atoms with Crippen molar-refractivity contribution < 1.29 is 14.6 Å². The SMILES string of the molecule is CC1(C)CCC(C)(C)c2cc(C(COc3ccc(C(=O)O)cc3)Cc3ccccn3)ccc21. The molecule has 1 heterocycles. The van der Waals surface area contributed by atoms with Crippen molar-refractivity contribution in [1.82, 2.24) is 4.98 Å². The van der Waals surface area contributed by atoms with Gasteiger partial charge in [-0.3, -0.25) is 4.98 Å². The second-order valence-corrected chi connectivity index (χ2v) is 10.4. The Morgan fingerprint density at radius 1 is 0.970 bits per heavy atom. The van der Waals surface area contributed by atoms with Crippen LogP contribution in [-0.2, 0) is 17.3 Å². The Kier molecular flexibility index (Phi) is 6.29. The molecule has 0 amide bonds. The Labute approximate surface area is 196 Å². The van der Waals surface area contributed by atoms with Gasteiger partial charge in [0, 0.05) is 17.8 Å². The van der Waals surface area contributed by atoms with E-state index < -0.39 is 5.97 Å². The first-order valence-electron chi connectivity index (χ1n) is 11.7. The van der Waals surface area contributed by atoms with Crippen LogP contribution in [-0.4, -0.2) is 22.7 Å². The van der Waals surface area contributed by atoms with Crippen LogP contribution in [0.2, 0.25) is 0 Å². The number of carbonyl (C=O) groups is 1. The van der Waals surface area contributed by atoms with E-state index in [0.717, 1.165) is 12.1 Å². The van der Waals surface area contributed by atoms with Gasteiger partial charge in [-0.15, -0.1) is 0 Å². The highest BCUT2D eigenvalue weighted by Gasteiger charge is 2.37. The maximum atomic E-state index is 11.1. The molecule has 0 saturated carbocycles. The van der Waals surface area contributed by atoms with E-state index >= 15 is 0 Å². The Hall–Kier alpha value is -3.14. The third-order valence-corrected chi connectivity index (χ3v) is 7.08. The standard InChI is InChI=1S/C29H33NO3/c1-28(2)14-15-29(3,4)26-18-21(10-13-25(26)28)22(17-23-7-5-6-16-30-23)19-33-24-11-8-20(9-12-24)27(31)32/h5-13,16,18,22H,14-15,17,19H2,1-4H3,(H,31,32). The fraction of sp³-hybridized carbons (Fsp3) is 0.379. The smallest absolute Gasteiger partial charge is 0.335 e. The van der Waals surface area contributed by atoms with Crippen LogP contribution in [0, 0.1) is 0 Å². The summed E-state index contributed by atoms with van der Waals surface area (Å²) in [5, 5.41) is 9.13. The normalized spacial score (nSPS) is 17.1. The van der Waals surface area contributed by atoms with Crippen LogP contribution in [0.15, 0.2) is 66.9 Å². The molecule has 1 aliphatic carbocycles. The van der Waals surface area contributed by atoms with E-state index in [1.54, 1.807) is 24.3 Å². The van der Waals surface area contributed by atoms with E-state index in [9.17, 15) is 4.79 Å². The van der Waals surface area contributed by atoms with Gasteiger partial charge in [0.1, 0.15) is 5.75 Å². The van der Waals surface area contributed by atoms with Crippen molar-refractivity contribution in [2.24, 2.45) is 0 Å². The van der Waals surface area contributed by atoms with Gasteiger partial charge in [0.25, 0.3) is 0 Å². The number of hydrogen-bond donors (Lipinski definition) is 1. The van der Waals surface area contributed by atoms with Crippen molar-refractivity contribution in [2.75, 3.05) is 6.61 Å². The van der Waals surface area contributed by atoms with Crippen LogP contribution < -0.4 is 4.74 Å². The van der Waals surface area contributed by atoms with E-state index in [4.69, 9.17) is 9.84 Å². The van der Waals surface area contributed by atoms with E-state index in [-0.39, 0.29) is 22.3 Å². The molecule has 0 aliphatic heterocycles. The van der Waals surface area contributed by atoms with Crippen molar-refractivity contribution in [3.05, 3.63) is 94.8 Å². The number of hydrogen-bond acceptors (Lipinski definition) is 3. The lowest BCUT2D eigenvalue weighted by Crippen LogP contribution is -2.34. The molecule has 1 atom stereocenters. The second-order valence-electron chi connectivity index (χ2n) is 10.4. The van der Waals surface area contributed by atoms with Gasteiger partial charge >= 0.3 is 5.97 Å². The Morgan fingerprint density at radius 3 is 2.30 bits per heavy atom. The molecular weight excluding hydrogens is 410 g/mol. The van der Waals surface area contributed by atoms with Crippen LogP contribution in [0.4, 0.5) is 0 Å². The molecule has 1 unspecified atom stereocenters. The van der Waals surface area contributed by atoms with Crippen molar-refractivity contribution >= 4 is 5.97 Å². The minimum Gasteiger partial charge on any atom is -0.493 e. The number of aromatic nitrogens is 1. The number of pyridine rings is 1. The van der Waals surface area contributed by atoms with Gasteiger partial charge in [0.2, 0.25) is 0 Å². The van der Waals surface area contributed by atoms with Gasteiger partial charge < -0.3 is 9.84 Å². The van der Waals surface area contributed by atoms with Crippen molar-refractivity contribution in [1.29, 1.82) is 0 Å². The van der Waals surface area contributed by atoms with E-state index in [1.165, 1.54) is 29.5 Å². The summed E-state index contributed by atoms with van der Waals surface area (Å²) in [7, 11) is 0. The Morgan fingerprint density at radius 2 is 1.67 bits per heavy atom. The van der Waals surface area contributed by atoms with Gasteiger partial charge in [-0.2, -0.15) is 0 Å². The minimum absolute atomic E-state index is 0.130. The second kappa shape index (κ2) is 9.01. The van der Waals surface area contributed by atoms with Crippen molar-refractivity contribution in [2.45, 2.75) is 63.7 Å². The number of benzene rings is 2. The highest BCUT2D eigenvalue weighted by atomic mass is 16.5. The largest absolute Gasteiger partial charge is 0.493 e. The molecule has 0 fully saturated rings.